The molecule has 10 unspecified atom stereocenters. The van der Waals surface area contributed by atoms with Gasteiger partial charge in [0.1, 0.15) is 11.3 Å². The van der Waals surface area contributed by atoms with Crippen LogP contribution in [0, 0.1) is 41.4 Å². The van der Waals surface area contributed by atoms with E-state index in [1.165, 1.54) is 38.4 Å². The van der Waals surface area contributed by atoms with Gasteiger partial charge >= 0.3 is 5.97 Å². The maximum Gasteiger partial charge on any atom is 0.345 e. The van der Waals surface area contributed by atoms with Crippen molar-refractivity contribution in [2.75, 3.05) is 26.9 Å². The summed E-state index contributed by atoms with van der Waals surface area (Å²) in [5, 5.41) is 33.6. The Morgan fingerprint density at radius 3 is 2.56 bits per heavy atom. The number of methoxy groups -OCH3 is 1. The summed E-state index contributed by atoms with van der Waals surface area (Å²) < 4.78 is 17.8. The zero-order valence-corrected chi connectivity index (χ0v) is 28.1. The number of esters is 1. The van der Waals surface area contributed by atoms with E-state index in [2.05, 4.69) is 53.5 Å². The van der Waals surface area contributed by atoms with Gasteiger partial charge in [0.2, 0.25) is 5.76 Å². The maximum absolute atomic E-state index is 12.7. The van der Waals surface area contributed by atoms with Crippen molar-refractivity contribution in [3.63, 3.8) is 0 Å². The van der Waals surface area contributed by atoms with Crippen LogP contribution in [-0.2, 0) is 19.0 Å². The second kappa shape index (κ2) is 13.4. The molecule has 258 valence electrons. The lowest BCUT2D eigenvalue weighted by atomic mass is 9.66. The number of hydrogen-bond donors (Lipinski definition) is 3. The molecule has 1 aromatic carbocycles. The summed E-state index contributed by atoms with van der Waals surface area (Å²) in [6.07, 6.45) is 17.8. The number of piperidine rings is 1. The number of rotatable bonds is 7. The highest BCUT2D eigenvalue weighted by molar-refractivity contribution is 5.94. The Morgan fingerprint density at radius 1 is 1.00 bits per heavy atom. The van der Waals surface area contributed by atoms with Crippen molar-refractivity contribution in [1.82, 2.24) is 4.90 Å². The number of fused-ring (bicyclic) bond motifs is 4. The van der Waals surface area contributed by atoms with Crippen molar-refractivity contribution in [3.8, 4) is 0 Å². The Kier molecular flexibility index (Phi) is 9.03. The number of ether oxygens (including phenoxy) is 3. The zero-order valence-electron chi connectivity index (χ0n) is 28.1. The van der Waals surface area contributed by atoms with Crippen molar-refractivity contribution < 1.29 is 34.3 Å². The molecule has 0 aromatic heterocycles. The van der Waals surface area contributed by atoms with Gasteiger partial charge in [-0.3, -0.25) is 4.90 Å². The van der Waals surface area contributed by atoms with Crippen LogP contribution in [0.15, 0.2) is 77.2 Å². The fourth-order valence-electron chi connectivity index (χ4n) is 11.2. The zero-order chi connectivity index (χ0) is 32.9. The molecule has 10 atom stereocenters. The molecule has 0 amide bonds. The Labute approximate surface area is 284 Å². The number of benzene rings is 1. The lowest BCUT2D eigenvalue weighted by molar-refractivity contribution is -0.134. The van der Waals surface area contributed by atoms with Gasteiger partial charge in [0, 0.05) is 30.5 Å². The predicted molar refractivity (Wildman–Crippen MR) is 180 cm³/mol. The van der Waals surface area contributed by atoms with E-state index in [4.69, 9.17) is 14.2 Å². The molecule has 4 fully saturated rings. The Bertz CT molecular complexity index is 1490. The summed E-state index contributed by atoms with van der Waals surface area (Å²) in [5.41, 5.74) is 1.43. The van der Waals surface area contributed by atoms with E-state index < -0.39 is 24.6 Å². The molecule has 8 rings (SSSR count). The molecule has 0 radical (unpaired) electrons. The highest BCUT2D eigenvalue weighted by Crippen LogP contribution is 2.57. The first-order chi connectivity index (χ1) is 23.5. The predicted octanol–water partition coefficient (Wildman–Crippen LogP) is 5.58. The summed E-state index contributed by atoms with van der Waals surface area (Å²) >= 11 is 0. The number of nitrogens with zero attached hydrogens (tertiary/aromatic N) is 1. The molecule has 0 bridgehead atoms. The number of hydrogen-bond acceptors (Lipinski definition) is 8. The smallest absolute Gasteiger partial charge is 0.345 e. The average Bonchev–Trinajstić information content (AvgIpc) is 3.91. The minimum absolute atomic E-state index is 0.00275. The first kappa shape index (κ1) is 32.3. The molecule has 8 heteroatoms. The SMILES string of the molecule is COC1=C(CO)C(=O)OC1=C1OC2=CCCN3C(CC4C(c5ccccc5)CCC4C3C(O)C3C=CCC(C4CCCC4)C3)C2C1CO. The van der Waals surface area contributed by atoms with Gasteiger partial charge in [-0.1, -0.05) is 68.2 Å². The third-order valence-electron chi connectivity index (χ3n) is 13.3. The lowest BCUT2D eigenvalue weighted by Gasteiger charge is -2.53. The Hall–Kier alpha value is -2.91. The van der Waals surface area contributed by atoms with Crippen molar-refractivity contribution >= 4 is 5.97 Å². The number of carbonyl (C=O) groups is 1. The van der Waals surface area contributed by atoms with Gasteiger partial charge in [-0.05, 0) is 79.8 Å². The molecule has 3 N–H and O–H groups in total. The van der Waals surface area contributed by atoms with Crippen LogP contribution >= 0.6 is 0 Å². The third-order valence-corrected chi connectivity index (χ3v) is 13.3. The molecule has 4 aliphatic heterocycles. The molecular weight excluding hydrogens is 606 g/mol. The summed E-state index contributed by atoms with van der Waals surface area (Å²) in [5.74, 6) is 2.99. The van der Waals surface area contributed by atoms with Crippen molar-refractivity contribution in [3.05, 3.63) is 82.7 Å². The summed E-state index contributed by atoms with van der Waals surface area (Å²) in [6.45, 7) is 0.131. The number of allylic oxidation sites excluding steroid dienone is 1. The number of cyclic esters (lactones) is 1. The minimum Gasteiger partial charge on any atom is -0.492 e. The van der Waals surface area contributed by atoms with Crippen LogP contribution in [0.25, 0.3) is 0 Å². The van der Waals surface area contributed by atoms with Gasteiger partial charge < -0.3 is 29.5 Å². The van der Waals surface area contributed by atoms with Gasteiger partial charge in [-0.25, -0.2) is 4.79 Å². The van der Waals surface area contributed by atoms with Crippen LogP contribution in [-0.4, -0.2) is 71.2 Å². The number of aliphatic hydroxyl groups is 3. The van der Waals surface area contributed by atoms with Crippen LogP contribution in [0.5, 0.6) is 0 Å². The number of aliphatic hydroxyl groups excluding tert-OH is 3. The van der Waals surface area contributed by atoms with E-state index in [0.717, 1.165) is 56.7 Å². The average molecular weight is 658 g/mol. The molecule has 2 saturated carbocycles. The highest BCUT2D eigenvalue weighted by Gasteiger charge is 2.58. The molecule has 4 heterocycles. The maximum atomic E-state index is 12.7. The second-order valence-corrected chi connectivity index (χ2v) is 15.4. The topological polar surface area (TPSA) is 109 Å². The van der Waals surface area contributed by atoms with Crippen molar-refractivity contribution in [1.29, 1.82) is 0 Å². The largest absolute Gasteiger partial charge is 0.492 e. The van der Waals surface area contributed by atoms with Crippen LogP contribution in [0.2, 0.25) is 0 Å². The second-order valence-electron chi connectivity index (χ2n) is 15.4. The molecule has 2 saturated heterocycles. The lowest BCUT2D eigenvalue weighted by Crippen LogP contribution is -2.62. The van der Waals surface area contributed by atoms with Gasteiger partial charge in [-0.2, -0.15) is 0 Å². The fourth-order valence-corrected chi connectivity index (χ4v) is 11.2. The summed E-state index contributed by atoms with van der Waals surface area (Å²) in [4.78, 5) is 15.3. The van der Waals surface area contributed by atoms with E-state index in [-0.39, 0.29) is 47.6 Å². The van der Waals surface area contributed by atoms with E-state index in [1.54, 1.807) is 0 Å². The van der Waals surface area contributed by atoms with E-state index in [0.29, 0.717) is 29.4 Å². The molecule has 7 aliphatic rings. The van der Waals surface area contributed by atoms with E-state index in [1.807, 2.05) is 0 Å². The Morgan fingerprint density at radius 2 is 1.81 bits per heavy atom. The quantitative estimate of drug-likeness (QED) is 0.258. The Balaban J connectivity index is 1.17. The standard InChI is InChI=1S/C40H51NO7/c1-46-37-31(22-43)40(45)48-39(37)38-30(21-42)34-32-20-29-27(24-11-3-2-4-12-24)16-17-28(29)35(41(32)18-8-15-33(34)47-38)36(44)26-14-7-13-25(19-26)23-9-5-6-10-23/h2-4,7,11-12,14-15,23,25-30,32,34-36,42-44H,5-6,8-10,13,16-22H2,1H3. The van der Waals surface area contributed by atoms with Crippen LogP contribution in [0.1, 0.15) is 75.7 Å². The third kappa shape index (κ3) is 5.38. The minimum atomic E-state index is -0.656. The van der Waals surface area contributed by atoms with Gasteiger partial charge in [0.25, 0.3) is 0 Å². The molecule has 1 aromatic rings. The summed E-state index contributed by atoms with van der Waals surface area (Å²) in [7, 11) is 1.45. The van der Waals surface area contributed by atoms with Crippen LogP contribution in [0.4, 0.5) is 0 Å². The fraction of sp³-hybridized carbons (Fsp3) is 0.625. The molecule has 48 heavy (non-hydrogen) atoms. The molecule has 8 nitrogen and oxygen atoms in total. The van der Waals surface area contributed by atoms with Crippen LogP contribution in [0.3, 0.4) is 0 Å². The molecule has 0 spiro atoms. The molecular formula is C40H51NO7. The normalized spacial score (nSPS) is 39.0. The molecule has 3 aliphatic carbocycles. The van der Waals surface area contributed by atoms with Crippen molar-refractivity contribution in [2.45, 2.75) is 88.3 Å². The van der Waals surface area contributed by atoms with Crippen molar-refractivity contribution in [2.24, 2.45) is 41.4 Å². The first-order valence-electron chi connectivity index (χ1n) is 18.5. The van der Waals surface area contributed by atoms with E-state index in [9.17, 15) is 20.1 Å². The van der Waals surface area contributed by atoms with E-state index >= 15 is 0 Å². The highest BCUT2D eigenvalue weighted by atomic mass is 16.6. The van der Waals surface area contributed by atoms with Gasteiger partial charge in [-0.15, -0.1) is 0 Å². The first-order valence-corrected chi connectivity index (χ1v) is 18.5. The number of carbonyl (C=O) groups excluding carboxylic acids is 1. The van der Waals surface area contributed by atoms with Gasteiger partial charge in [0.05, 0.1) is 32.3 Å². The monoisotopic (exact) mass is 657 g/mol. The van der Waals surface area contributed by atoms with Crippen LogP contribution < -0.4 is 0 Å². The van der Waals surface area contributed by atoms with Gasteiger partial charge in [0.15, 0.2) is 11.5 Å². The summed E-state index contributed by atoms with van der Waals surface area (Å²) in [6, 6.07) is 10.9.